The maximum absolute atomic E-state index is 11.5. The lowest BCUT2D eigenvalue weighted by molar-refractivity contribution is -0.139. The fourth-order valence-electron chi connectivity index (χ4n) is 1.41. The third-order valence-electron chi connectivity index (χ3n) is 2.23. The molecule has 0 amide bonds. The summed E-state index contributed by atoms with van der Waals surface area (Å²) in [5.74, 6) is -1.21. The normalized spacial score (nSPS) is 10.1. The van der Waals surface area contributed by atoms with E-state index in [1.165, 1.54) is 14.2 Å². The number of methoxy groups -OCH3 is 2. The fourth-order valence-corrected chi connectivity index (χ4v) is 1.69. The van der Waals surface area contributed by atoms with Crippen LogP contribution in [0.2, 0.25) is 5.15 Å². The number of aliphatic hydroxyl groups excluding tert-OH is 1. The Morgan fingerprint density at radius 1 is 1.35 bits per heavy atom. The Morgan fingerprint density at radius 3 is 2.47 bits per heavy atom. The van der Waals surface area contributed by atoms with Crippen molar-refractivity contribution >= 4 is 23.5 Å². The van der Waals surface area contributed by atoms with E-state index < -0.39 is 18.5 Å². The van der Waals surface area contributed by atoms with Crippen LogP contribution < -0.4 is 0 Å². The number of ether oxygens (including phenoxy) is 2. The fraction of sp³-hybridized carbons (Fsp3) is 0.400. The van der Waals surface area contributed by atoms with Gasteiger partial charge in [0.1, 0.15) is 5.15 Å². The number of aromatic nitrogens is 1. The predicted octanol–water partition coefficient (Wildman–Crippen LogP) is 0.662. The van der Waals surface area contributed by atoms with Gasteiger partial charge in [-0.25, -0.2) is 4.79 Å². The molecular formula is C10H12ClNO5. The van der Waals surface area contributed by atoms with Crippen LogP contribution in [0.3, 0.4) is 0 Å². The van der Waals surface area contributed by atoms with Crippen LogP contribution in [0.25, 0.3) is 0 Å². The largest absolute Gasteiger partial charge is 0.469 e. The number of nitrogens with one attached hydrogen (secondary N) is 1. The Bertz CT molecular complexity index is 440. The van der Waals surface area contributed by atoms with Crippen molar-refractivity contribution in [3.05, 3.63) is 22.0 Å². The Kier molecular flexibility index (Phi) is 4.53. The highest BCUT2D eigenvalue weighted by Crippen LogP contribution is 2.25. The Morgan fingerprint density at radius 2 is 2.00 bits per heavy atom. The number of hydrogen-bond acceptors (Lipinski definition) is 5. The van der Waals surface area contributed by atoms with Crippen molar-refractivity contribution in [2.75, 3.05) is 14.2 Å². The molecule has 7 heteroatoms. The number of halogens is 1. The molecule has 0 radical (unpaired) electrons. The van der Waals surface area contributed by atoms with Gasteiger partial charge in [0, 0.05) is 5.56 Å². The molecule has 0 aliphatic rings. The van der Waals surface area contributed by atoms with Gasteiger partial charge in [-0.05, 0) is 0 Å². The number of aromatic amines is 1. The maximum Gasteiger partial charge on any atom is 0.340 e. The second kappa shape index (κ2) is 5.70. The van der Waals surface area contributed by atoms with E-state index in [2.05, 4.69) is 14.5 Å². The molecule has 17 heavy (non-hydrogen) atoms. The molecule has 2 N–H and O–H groups in total. The third-order valence-corrected chi connectivity index (χ3v) is 2.55. The second-order valence-corrected chi connectivity index (χ2v) is 3.55. The molecule has 1 heterocycles. The lowest BCUT2D eigenvalue weighted by atomic mass is 10.1. The molecule has 0 atom stereocenters. The van der Waals surface area contributed by atoms with E-state index >= 15 is 0 Å². The Balaban J connectivity index is 3.22. The summed E-state index contributed by atoms with van der Waals surface area (Å²) in [5, 5.41) is 9.19. The van der Waals surface area contributed by atoms with Crippen molar-refractivity contribution in [2.24, 2.45) is 0 Å². The van der Waals surface area contributed by atoms with Crippen LogP contribution in [0.5, 0.6) is 0 Å². The molecule has 0 aliphatic heterocycles. The number of H-pyrrole nitrogens is 1. The van der Waals surface area contributed by atoms with Gasteiger partial charge in [-0.3, -0.25) is 4.79 Å². The molecule has 6 nitrogen and oxygen atoms in total. The molecular weight excluding hydrogens is 250 g/mol. The first-order valence-electron chi connectivity index (χ1n) is 4.70. The smallest absolute Gasteiger partial charge is 0.340 e. The van der Waals surface area contributed by atoms with Crippen molar-refractivity contribution in [3.63, 3.8) is 0 Å². The number of esters is 2. The van der Waals surface area contributed by atoms with Gasteiger partial charge in [0.25, 0.3) is 0 Å². The van der Waals surface area contributed by atoms with E-state index in [9.17, 15) is 9.59 Å². The minimum atomic E-state index is -0.670. The summed E-state index contributed by atoms with van der Waals surface area (Å²) < 4.78 is 9.06. The van der Waals surface area contributed by atoms with Crippen LogP contribution in [0.15, 0.2) is 0 Å². The first kappa shape index (κ1) is 13.5. The van der Waals surface area contributed by atoms with Crippen LogP contribution in [0.1, 0.15) is 21.6 Å². The molecule has 0 bridgehead atoms. The van der Waals surface area contributed by atoms with Crippen molar-refractivity contribution in [3.8, 4) is 0 Å². The molecule has 0 saturated heterocycles. The molecule has 0 fully saturated rings. The minimum Gasteiger partial charge on any atom is -0.469 e. The number of hydrogen-bond donors (Lipinski definition) is 2. The summed E-state index contributed by atoms with van der Waals surface area (Å²) >= 11 is 5.85. The number of aliphatic hydroxyl groups is 1. The van der Waals surface area contributed by atoms with Gasteiger partial charge < -0.3 is 19.6 Å². The highest BCUT2D eigenvalue weighted by atomic mass is 35.5. The average molecular weight is 262 g/mol. The van der Waals surface area contributed by atoms with Crippen molar-refractivity contribution in [1.82, 2.24) is 4.98 Å². The summed E-state index contributed by atoms with van der Waals surface area (Å²) in [7, 11) is 2.43. The maximum atomic E-state index is 11.5. The average Bonchev–Trinajstić information content (AvgIpc) is 2.65. The number of carbonyl (C=O) groups is 2. The highest BCUT2D eigenvalue weighted by molar-refractivity contribution is 6.31. The second-order valence-electron chi connectivity index (χ2n) is 3.17. The zero-order chi connectivity index (χ0) is 13.0. The van der Waals surface area contributed by atoms with Crippen LogP contribution in [0, 0.1) is 0 Å². The van der Waals surface area contributed by atoms with Gasteiger partial charge in [0.05, 0.1) is 38.5 Å². The Labute approximate surface area is 102 Å². The zero-order valence-electron chi connectivity index (χ0n) is 9.37. The van der Waals surface area contributed by atoms with Crippen LogP contribution in [-0.2, 0) is 27.3 Å². The van der Waals surface area contributed by atoms with Crippen LogP contribution in [-0.4, -0.2) is 36.2 Å². The van der Waals surface area contributed by atoms with Crippen LogP contribution in [0.4, 0.5) is 0 Å². The standard InChI is InChI=1S/C10H12ClNO5/c1-16-7(14)3-5-8(10(15)17-2)6(4-13)12-9(5)11/h12-13H,3-4H2,1-2H3. The highest BCUT2D eigenvalue weighted by Gasteiger charge is 2.24. The van der Waals surface area contributed by atoms with Gasteiger partial charge >= 0.3 is 11.9 Å². The lowest BCUT2D eigenvalue weighted by Crippen LogP contribution is -2.11. The summed E-state index contributed by atoms with van der Waals surface area (Å²) in [5.41, 5.74) is 0.542. The van der Waals surface area contributed by atoms with E-state index in [1.807, 2.05) is 0 Å². The quantitative estimate of drug-likeness (QED) is 0.778. The van der Waals surface area contributed by atoms with Gasteiger partial charge in [-0.1, -0.05) is 11.6 Å². The molecule has 0 saturated carbocycles. The van der Waals surface area contributed by atoms with Crippen molar-refractivity contribution in [1.29, 1.82) is 0 Å². The number of carbonyl (C=O) groups excluding carboxylic acids is 2. The minimum absolute atomic E-state index is 0.0744. The third kappa shape index (κ3) is 2.78. The summed E-state index contributed by atoms with van der Waals surface area (Å²) in [6.45, 7) is -0.411. The molecule has 0 aromatic carbocycles. The van der Waals surface area contributed by atoms with Gasteiger partial charge in [0.2, 0.25) is 0 Å². The van der Waals surface area contributed by atoms with Gasteiger partial charge in [0.15, 0.2) is 0 Å². The molecule has 1 aromatic rings. The molecule has 1 aromatic heterocycles. The summed E-state index contributed by atoms with van der Waals surface area (Å²) in [6, 6.07) is 0. The van der Waals surface area contributed by atoms with E-state index in [4.69, 9.17) is 16.7 Å². The van der Waals surface area contributed by atoms with E-state index in [-0.39, 0.29) is 28.4 Å². The topological polar surface area (TPSA) is 88.6 Å². The van der Waals surface area contributed by atoms with E-state index in [1.54, 1.807) is 0 Å². The monoisotopic (exact) mass is 261 g/mol. The summed E-state index contributed by atoms with van der Waals surface area (Å²) in [6.07, 6.45) is -0.170. The number of rotatable bonds is 4. The van der Waals surface area contributed by atoms with Gasteiger partial charge in [-0.2, -0.15) is 0 Å². The Hall–Kier alpha value is -1.53. The predicted molar refractivity (Wildman–Crippen MR) is 58.8 cm³/mol. The SMILES string of the molecule is COC(=O)Cc1c(Cl)[nH]c(CO)c1C(=O)OC. The molecule has 0 spiro atoms. The zero-order valence-corrected chi connectivity index (χ0v) is 10.1. The molecule has 0 aliphatic carbocycles. The van der Waals surface area contributed by atoms with Crippen LogP contribution >= 0.6 is 11.6 Å². The molecule has 0 unspecified atom stereocenters. The first-order chi connectivity index (χ1) is 8.04. The lowest BCUT2D eigenvalue weighted by Gasteiger charge is -2.03. The van der Waals surface area contributed by atoms with Crippen molar-refractivity contribution < 1.29 is 24.2 Å². The molecule has 1 rings (SSSR count). The van der Waals surface area contributed by atoms with E-state index in [0.29, 0.717) is 0 Å². The summed E-state index contributed by atoms with van der Waals surface area (Å²) in [4.78, 5) is 25.3. The van der Waals surface area contributed by atoms with Gasteiger partial charge in [-0.15, -0.1) is 0 Å². The van der Waals surface area contributed by atoms with E-state index in [0.717, 1.165) is 0 Å². The molecule has 94 valence electrons. The first-order valence-corrected chi connectivity index (χ1v) is 5.08. The van der Waals surface area contributed by atoms with Crippen molar-refractivity contribution in [2.45, 2.75) is 13.0 Å².